The fourth-order valence-corrected chi connectivity index (χ4v) is 2.90. The first-order valence-corrected chi connectivity index (χ1v) is 7.78. The van der Waals surface area contributed by atoms with Crippen LogP contribution in [0.25, 0.3) is 10.9 Å². The molecule has 2 N–H and O–H groups in total. The van der Waals surface area contributed by atoms with Gasteiger partial charge in [-0.2, -0.15) is 0 Å². The highest BCUT2D eigenvalue weighted by Gasteiger charge is 2.21. The van der Waals surface area contributed by atoms with Crippen molar-refractivity contribution in [2.75, 3.05) is 0 Å². The van der Waals surface area contributed by atoms with Crippen LogP contribution in [0.2, 0.25) is 0 Å². The van der Waals surface area contributed by atoms with Gasteiger partial charge in [0.05, 0.1) is 0 Å². The van der Waals surface area contributed by atoms with Crippen LogP contribution in [0.3, 0.4) is 0 Å². The normalized spacial score (nSPS) is 16.2. The van der Waals surface area contributed by atoms with Crippen molar-refractivity contribution in [2.24, 2.45) is 0 Å². The van der Waals surface area contributed by atoms with Crippen molar-refractivity contribution in [1.29, 1.82) is 0 Å². The van der Waals surface area contributed by atoms with Crippen LogP contribution in [0.4, 0.5) is 0 Å². The lowest BCUT2D eigenvalue weighted by atomic mass is 9.86. The molecule has 0 bridgehead atoms. The SMILES string of the molecule is CC(C)(C)c1ccc2[nH]c(CNC3CC3)c(Br)c2c1. The maximum Gasteiger partial charge on any atom is 0.0474 e. The summed E-state index contributed by atoms with van der Waals surface area (Å²) in [5, 5.41) is 4.85. The lowest BCUT2D eigenvalue weighted by Gasteiger charge is -2.18. The van der Waals surface area contributed by atoms with E-state index in [2.05, 4.69) is 65.2 Å². The Morgan fingerprint density at radius 3 is 2.68 bits per heavy atom. The Hall–Kier alpha value is -0.800. The summed E-state index contributed by atoms with van der Waals surface area (Å²) in [5.74, 6) is 0. The average molecular weight is 321 g/mol. The number of benzene rings is 1. The Morgan fingerprint density at radius 1 is 1.32 bits per heavy atom. The fraction of sp³-hybridized carbons (Fsp3) is 0.500. The van der Waals surface area contributed by atoms with Crippen molar-refractivity contribution in [1.82, 2.24) is 10.3 Å². The van der Waals surface area contributed by atoms with Gasteiger partial charge in [-0.25, -0.2) is 0 Å². The first kappa shape index (κ1) is 13.2. The number of H-pyrrole nitrogens is 1. The number of fused-ring (bicyclic) bond motifs is 1. The van der Waals surface area contributed by atoms with Crippen LogP contribution >= 0.6 is 15.9 Å². The fourth-order valence-electron chi connectivity index (χ4n) is 2.34. The van der Waals surface area contributed by atoms with E-state index >= 15 is 0 Å². The first-order chi connectivity index (χ1) is 8.95. The van der Waals surface area contributed by atoms with Gasteiger partial charge in [0.1, 0.15) is 0 Å². The van der Waals surface area contributed by atoms with E-state index in [1.807, 2.05) is 0 Å². The first-order valence-electron chi connectivity index (χ1n) is 6.99. The summed E-state index contributed by atoms with van der Waals surface area (Å²) >= 11 is 3.75. The summed E-state index contributed by atoms with van der Waals surface area (Å²) in [6, 6.07) is 7.46. The molecule has 102 valence electrons. The minimum atomic E-state index is 0.192. The smallest absolute Gasteiger partial charge is 0.0474 e. The number of nitrogens with one attached hydrogen (secondary N) is 2. The molecule has 2 aromatic rings. The Bertz CT molecular complexity index is 603. The zero-order valence-electron chi connectivity index (χ0n) is 11.8. The molecule has 1 aromatic heterocycles. The molecular formula is C16H21BrN2. The second kappa shape index (κ2) is 4.64. The van der Waals surface area contributed by atoms with E-state index in [4.69, 9.17) is 0 Å². The number of rotatable bonds is 3. The van der Waals surface area contributed by atoms with E-state index in [0.29, 0.717) is 0 Å². The average Bonchev–Trinajstić information content (AvgIpc) is 3.11. The predicted octanol–water partition coefficient (Wildman–Crippen LogP) is 4.48. The standard InChI is InChI=1S/C16H21BrN2/c1-16(2,3)10-4-7-13-12(8-10)15(17)14(19-13)9-18-11-5-6-11/h4,7-8,11,18-19H,5-6,9H2,1-3H3. The Morgan fingerprint density at radius 2 is 2.05 bits per heavy atom. The molecule has 19 heavy (non-hydrogen) atoms. The van der Waals surface area contributed by atoms with Crippen molar-refractivity contribution in [3.05, 3.63) is 33.9 Å². The molecule has 1 fully saturated rings. The van der Waals surface area contributed by atoms with Crippen LogP contribution in [0.5, 0.6) is 0 Å². The van der Waals surface area contributed by atoms with Crippen molar-refractivity contribution >= 4 is 26.8 Å². The summed E-state index contributed by atoms with van der Waals surface area (Å²) in [5.41, 5.74) is 4.04. The summed E-state index contributed by atoms with van der Waals surface area (Å²) in [6.07, 6.45) is 2.65. The van der Waals surface area contributed by atoms with E-state index in [-0.39, 0.29) is 5.41 Å². The molecule has 0 saturated heterocycles. The monoisotopic (exact) mass is 320 g/mol. The molecule has 0 aliphatic heterocycles. The number of halogens is 1. The van der Waals surface area contributed by atoms with Gasteiger partial charge in [0.15, 0.2) is 0 Å². The second-order valence-corrected chi connectivity index (χ2v) is 7.38. The molecule has 0 spiro atoms. The molecule has 0 atom stereocenters. The van der Waals surface area contributed by atoms with Crippen molar-refractivity contribution in [3.8, 4) is 0 Å². The molecule has 3 heteroatoms. The van der Waals surface area contributed by atoms with Gasteiger partial charge in [-0.05, 0) is 51.9 Å². The van der Waals surface area contributed by atoms with Crippen LogP contribution in [-0.2, 0) is 12.0 Å². The minimum Gasteiger partial charge on any atom is -0.356 e. The van der Waals surface area contributed by atoms with Gasteiger partial charge in [-0.1, -0.05) is 26.8 Å². The molecule has 1 saturated carbocycles. The Labute approximate surface area is 123 Å². The van der Waals surface area contributed by atoms with E-state index in [1.54, 1.807) is 0 Å². The quantitative estimate of drug-likeness (QED) is 0.857. The van der Waals surface area contributed by atoms with Crippen LogP contribution in [-0.4, -0.2) is 11.0 Å². The zero-order chi connectivity index (χ0) is 13.6. The molecular weight excluding hydrogens is 300 g/mol. The van der Waals surface area contributed by atoms with Crippen LogP contribution < -0.4 is 5.32 Å². The number of aromatic nitrogens is 1. The molecule has 1 aliphatic carbocycles. The zero-order valence-corrected chi connectivity index (χ0v) is 13.4. The highest BCUT2D eigenvalue weighted by molar-refractivity contribution is 9.10. The van der Waals surface area contributed by atoms with Crippen LogP contribution in [0.15, 0.2) is 22.7 Å². The van der Waals surface area contributed by atoms with E-state index in [1.165, 1.54) is 39.5 Å². The van der Waals surface area contributed by atoms with Crippen molar-refractivity contribution in [2.45, 2.75) is 51.6 Å². The van der Waals surface area contributed by atoms with Crippen LogP contribution in [0, 0.1) is 0 Å². The van der Waals surface area contributed by atoms with Gasteiger partial charge in [-0.15, -0.1) is 0 Å². The Balaban J connectivity index is 1.95. The number of hydrogen-bond donors (Lipinski definition) is 2. The van der Waals surface area contributed by atoms with Crippen molar-refractivity contribution in [3.63, 3.8) is 0 Å². The van der Waals surface area contributed by atoms with E-state index in [0.717, 1.165) is 12.6 Å². The molecule has 1 heterocycles. The third kappa shape index (κ3) is 2.72. The maximum atomic E-state index is 3.75. The summed E-state index contributed by atoms with van der Waals surface area (Å²) in [6.45, 7) is 7.68. The molecule has 0 amide bonds. The van der Waals surface area contributed by atoms with Crippen LogP contribution in [0.1, 0.15) is 44.9 Å². The molecule has 1 aliphatic rings. The highest BCUT2D eigenvalue weighted by Crippen LogP contribution is 2.32. The molecule has 2 nitrogen and oxygen atoms in total. The summed E-state index contributed by atoms with van der Waals surface area (Å²) in [7, 11) is 0. The Kier molecular flexibility index (Phi) is 3.22. The van der Waals surface area contributed by atoms with Gasteiger partial charge in [-0.3, -0.25) is 0 Å². The molecule has 0 radical (unpaired) electrons. The highest BCUT2D eigenvalue weighted by atomic mass is 79.9. The topological polar surface area (TPSA) is 27.8 Å². The third-order valence-electron chi connectivity index (χ3n) is 3.82. The second-order valence-electron chi connectivity index (χ2n) is 6.58. The predicted molar refractivity (Wildman–Crippen MR) is 84.6 cm³/mol. The van der Waals surface area contributed by atoms with Gasteiger partial charge < -0.3 is 10.3 Å². The number of hydrogen-bond acceptors (Lipinski definition) is 1. The van der Waals surface area contributed by atoms with E-state index in [9.17, 15) is 0 Å². The van der Waals surface area contributed by atoms with Gasteiger partial charge >= 0.3 is 0 Å². The largest absolute Gasteiger partial charge is 0.356 e. The lowest BCUT2D eigenvalue weighted by Crippen LogP contribution is -2.15. The van der Waals surface area contributed by atoms with Gasteiger partial charge in [0.2, 0.25) is 0 Å². The van der Waals surface area contributed by atoms with Crippen molar-refractivity contribution < 1.29 is 0 Å². The molecule has 3 rings (SSSR count). The molecule has 1 aromatic carbocycles. The number of aromatic amines is 1. The van der Waals surface area contributed by atoms with Gasteiger partial charge in [0, 0.05) is 33.7 Å². The third-order valence-corrected chi connectivity index (χ3v) is 4.72. The van der Waals surface area contributed by atoms with Gasteiger partial charge in [0.25, 0.3) is 0 Å². The minimum absolute atomic E-state index is 0.192. The lowest BCUT2D eigenvalue weighted by molar-refractivity contribution is 0.591. The summed E-state index contributed by atoms with van der Waals surface area (Å²) < 4.78 is 1.21. The molecule has 0 unspecified atom stereocenters. The maximum absolute atomic E-state index is 3.75. The van der Waals surface area contributed by atoms with E-state index < -0.39 is 0 Å². The summed E-state index contributed by atoms with van der Waals surface area (Å²) in [4.78, 5) is 3.52.